The van der Waals surface area contributed by atoms with Crippen LogP contribution in [0.1, 0.15) is 16.1 Å². The molecule has 0 saturated heterocycles. The fraction of sp³-hybridized carbons (Fsp3) is 0.0833. The third-order valence-electron chi connectivity index (χ3n) is 4.73. The van der Waals surface area contributed by atoms with Crippen LogP contribution in [0.25, 0.3) is 22.1 Å². The maximum Gasteiger partial charge on any atom is 0.450 e. The smallest absolute Gasteiger partial charge is 0.450 e. The van der Waals surface area contributed by atoms with Crippen LogP contribution in [0, 0.1) is 0 Å². The van der Waals surface area contributed by atoms with Crippen molar-refractivity contribution < 1.29 is 27.1 Å². The van der Waals surface area contributed by atoms with Gasteiger partial charge in [-0.15, -0.1) is 0 Å². The zero-order valence-corrected chi connectivity index (χ0v) is 17.0. The van der Waals surface area contributed by atoms with Crippen LogP contribution in [-0.4, -0.2) is 12.4 Å². The molecule has 0 saturated carbocycles. The van der Waals surface area contributed by atoms with Gasteiger partial charge in [0.2, 0.25) is 11.2 Å². The van der Waals surface area contributed by atoms with Crippen LogP contribution >= 0.6 is 11.6 Å². The summed E-state index contributed by atoms with van der Waals surface area (Å²) < 4.78 is 51.8. The van der Waals surface area contributed by atoms with E-state index in [1.54, 1.807) is 36.4 Å². The average Bonchev–Trinajstić information content (AvgIpc) is 2.78. The van der Waals surface area contributed by atoms with E-state index in [2.05, 4.69) is 0 Å². The summed E-state index contributed by atoms with van der Waals surface area (Å²) in [5.41, 5.74) is -1.50. The molecule has 1 aromatic heterocycles. The highest BCUT2D eigenvalue weighted by Crippen LogP contribution is 2.39. The lowest BCUT2D eigenvalue weighted by Crippen LogP contribution is -2.16. The summed E-state index contributed by atoms with van der Waals surface area (Å²) in [4.78, 5) is 25.2. The van der Waals surface area contributed by atoms with E-state index in [0.717, 1.165) is 6.07 Å². The molecule has 8 heteroatoms. The largest absolute Gasteiger partial charge is 0.485 e. The van der Waals surface area contributed by atoms with Gasteiger partial charge in [0.25, 0.3) is 0 Å². The first-order valence-electron chi connectivity index (χ1n) is 9.39. The molecule has 0 bridgehead atoms. The first-order chi connectivity index (χ1) is 15.3. The fourth-order valence-corrected chi connectivity index (χ4v) is 3.46. The summed E-state index contributed by atoms with van der Waals surface area (Å²) in [6.07, 6.45) is -4.94. The molecule has 0 N–H and O–H groups in total. The second kappa shape index (κ2) is 8.51. The standard InChI is InChI=1S/C24H14ClF3O4/c25-18-9-5-4-8-16(18)21-22(30)17-11-10-15(12-20(17)32-23(21)24(26,27)28)31-13-19(29)14-6-2-1-3-7-14/h1-12H,13H2. The number of carbonyl (C=O) groups excluding carboxylic acids is 1. The van der Waals surface area contributed by atoms with E-state index in [4.69, 9.17) is 20.8 Å². The van der Waals surface area contributed by atoms with Gasteiger partial charge < -0.3 is 9.15 Å². The lowest BCUT2D eigenvalue weighted by molar-refractivity contribution is -0.152. The van der Waals surface area contributed by atoms with Crippen molar-refractivity contribution in [2.24, 2.45) is 0 Å². The molecule has 0 aliphatic carbocycles. The molecular formula is C24H14ClF3O4. The van der Waals surface area contributed by atoms with Gasteiger partial charge in [-0.3, -0.25) is 9.59 Å². The molecule has 3 aromatic carbocycles. The summed E-state index contributed by atoms with van der Waals surface area (Å²) in [6.45, 7) is -0.330. The van der Waals surface area contributed by atoms with Gasteiger partial charge >= 0.3 is 6.18 Å². The molecule has 0 amide bonds. The zero-order valence-electron chi connectivity index (χ0n) is 16.3. The number of carbonyl (C=O) groups is 1. The fourth-order valence-electron chi connectivity index (χ4n) is 3.23. The number of hydrogen-bond donors (Lipinski definition) is 0. The van der Waals surface area contributed by atoms with Crippen molar-refractivity contribution in [3.8, 4) is 16.9 Å². The first-order valence-corrected chi connectivity index (χ1v) is 9.77. The van der Waals surface area contributed by atoms with Gasteiger partial charge in [0.05, 0.1) is 10.9 Å². The van der Waals surface area contributed by atoms with E-state index in [1.807, 2.05) is 0 Å². The Morgan fingerprint density at radius 2 is 1.66 bits per heavy atom. The van der Waals surface area contributed by atoms with Crippen molar-refractivity contribution in [1.82, 2.24) is 0 Å². The molecule has 0 aliphatic rings. The third-order valence-corrected chi connectivity index (χ3v) is 5.06. The number of benzene rings is 3. The van der Waals surface area contributed by atoms with Crippen molar-refractivity contribution in [2.45, 2.75) is 6.18 Å². The van der Waals surface area contributed by atoms with Crippen molar-refractivity contribution >= 4 is 28.4 Å². The second-order valence-corrected chi connectivity index (χ2v) is 7.26. The van der Waals surface area contributed by atoms with Crippen molar-refractivity contribution in [3.63, 3.8) is 0 Å². The number of halogens is 4. The second-order valence-electron chi connectivity index (χ2n) is 6.85. The summed E-state index contributed by atoms with van der Waals surface area (Å²) in [5.74, 6) is -1.68. The van der Waals surface area contributed by atoms with E-state index in [-0.39, 0.29) is 39.7 Å². The maximum absolute atomic E-state index is 13.8. The minimum Gasteiger partial charge on any atom is -0.485 e. The Balaban J connectivity index is 1.76. The minimum absolute atomic E-state index is 0.0102. The number of hydrogen-bond acceptors (Lipinski definition) is 4. The Morgan fingerprint density at radius 1 is 0.969 bits per heavy atom. The molecule has 4 rings (SSSR count). The molecule has 0 fully saturated rings. The Bertz CT molecular complexity index is 1360. The first kappa shape index (κ1) is 21.6. The highest BCUT2D eigenvalue weighted by molar-refractivity contribution is 6.33. The monoisotopic (exact) mass is 458 g/mol. The normalized spacial score (nSPS) is 11.5. The number of rotatable bonds is 5. The molecule has 4 nitrogen and oxygen atoms in total. The molecular weight excluding hydrogens is 445 g/mol. The van der Waals surface area contributed by atoms with Gasteiger partial charge in [-0.05, 0) is 18.2 Å². The summed E-state index contributed by atoms with van der Waals surface area (Å²) in [6, 6.07) is 18.0. The average molecular weight is 459 g/mol. The number of Topliss-reactive ketones (excluding diaryl/α,β-unsaturated/α-hetero) is 1. The molecule has 162 valence electrons. The Kier molecular flexibility index (Phi) is 5.76. The highest BCUT2D eigenvalue weighted by Gasteiger charge is 2.39. The van der Waals surface area contributed by atoms with Crippen LogP contribution in [0.3, 0.4) is 0 Å². The molecule has 0 aliphatic heterocycles. The SMILES string of the molecule is O=C(COc1ccc2c(=O)c(-c3ccccc3Cl)c(C(F)(F)F)oc2c1)c1ccccc1. The molecule has 1 heterocycles. The summed E-state index contributed by atoms with van der Waals surface area (Å²) in [7, 11) is 0. The van der Waals surface area contributed by atoms with Gasteiger partial charge in [-0.1, -0.05) is 60.1 Å². The molecule has 0 unspecified atom stereocenters. The lowest BCUT2D eigenvalue weighted by Gasteiger charge is -2.14. The van der Waals surface area contributed by atoms with E-state index >= 15 is 0 Å². The van der Waals surface area contributed by atoms with Crippen LogP contribution in [0.5, 0.6) is 5.75 Å². The Hall–Kier alpha value is -3.58. The summed E-state index contributed by atoms with van der Waals surface area (Å²) in [5, 5.41) is -0.0846. The maximum atomic E-state index is 13.8. The predicted molar refractivity (Wildman–Crippen MR) is 114 cm³/mol. The van der Waals surface area contributed by atoms with Crippen molar-refractivity contribution in [2.75, 3.05) is 6.61 Å². The van der Waals surface area contributed by atoms with E-state index in [1.165, 1.54) is 30.3 Å². The van der Waals surface area contributed by atoms with Crippen LogP contribution in [-0.2, 0) is 6.18 Å². The number of ether oxygens (including phenoxy) is 1. The lowest BCUT2D eigenvalue weighted by atomic mass is 10.0. The van der Waals surface area contributed by atoms with Crippen molar-refractivity contribution in [3.05, 3.63) is 99.4 Å². The van der Waals surface area contributed by atoms with Crippen LogP contribution < -0.4 is 10.2 Å². The van der Waals surface area contributed by atoms with Gasteiger partial charge in [-0.25, -0.2) is 0 Å². The molecule has 0 radical (unpaired) electrons. The minimum atomic E-state index is -4.94. The number of fused-ring (bicyclic) bond motifs is 1. The molecule has 4 aromatic rings. The number of ketones is 1. The van der Waals surface area contributed by atoms with Gasteiger partial charge in [-0.2, -0.15) is 13.2 Å². The van der Waals surface area contributed by atoms with E-state index < -0.39 is 22.9 Å². The molecule has 0 atom stereocenters. The molecule has 0 spiro atoms. The number of alkyl halides is 3. The Labute approximate surface area is 184 Å². The topological polar surface area (TPSA) is 56.5 Å². The van der Waals surface area contributed by atoms with E-state index in [0.29, 0.717) is 5.56 Å². The van der Waals surface area contributed by atoms with Crippen LogP contribution in [0.4, 0.5) is 13.2 Å². The third kappa shape index (κ3) is 4.24. The zero-order chi connectivity index (χ0) is 22.9. The van der Waals surface area contributed by atoms with E-state index in [9.17, 15) is 22.8 Å². The van der Waals surface area contributed by atoms with Crippen LogP contribution in [0.2, 0.25) is 5.02 Å². The highest BCUT2D eigenvalue weighted by atomic mass is 35.5. The Morgan fingerprint density at radius 3 is 2.34 bits per heavy atom. The van der Waals surface area contributed by atoms with Gasteiger partial charge in [0.1, 0.15) is 11.3 Å². The summed E-state index contributed by atoms with van der Waals surface area (Å²) >= 11 is 6.05. The van der Waals surface area contributed by atoms with Gasteiger partial charge in [0.15, 0.2) is 12.4 Å². The predicted octanol–water partition coefficient (Wildman–Crippen LogP) is 6.39. The van der Waals surface area contributed by atoms with Gasteiger partial charge in [0, 0.05) is 22.2 Å². The van der Waals surface area contributed by atoms with Crippen LogP contribution in [0.15, 0.2) is 82.0 Å². The molecule has 32 heavy (non-hydrogen) atoms. The van der Waals surface area contributed by atoms with Crippen molar-refractivity contribution in [1.29, 1.82) is 0 Å². The quantitative estimate of drug-likeness (QED) is 0.325.